The summed E-state index contributed by atoms with van der Waals surface area (Å²) in [5.41, 5.74) is 3.55. The molecule has 256 valence electrons. The van der Waals surface area contributed by atoms with Crippen molar-refractivity contribution in [2.45, 2.75) is 18.9 Å². The molecule has 0 bridgehead atoms. The molecule has 3 aliphatic heterocycles. The van der Waals surface area contributed by atoms with Gasteiger partial charge in [-0.1, -0.05) is 25.3 Å². The van der Waals surface area contributed by atoms with Crippen molar-refractivity contribution in [3.63, 3.8) is 0 Å². The van der Waals surface area contributed by atoms with Crippen molar-refractivity contribution in [3.8, 4) is 17.2 Å². The van der Waals surface area contributed by atoms with E-state index in [1.165, 1.54) is 7.05 Å². The molecule has 0 aliphatic carbocycles. The third-order valence-corrected chi connectivity index (χ3v) is 10.4. The van der Waals surface area contributed by atoms with Crippen molar-refractivity contribution in [1.82, 2.24) is 19.8 Å². The van der Waals surface area contributed by atoms with Gasteiger partial charge in [0.2, 0.25) is 16.0 Å². The van der Waals surface area contributed by atoms with Gasteiger partial charge in [0.25, 0.3) is 0 Å². The average molecular weight is 677 g/mol. The third kappa shape index (κ3) is 7.00. The standard InChI is InChI=1S/C34H44N8O5S/c1-6-23-20-27(29(43)21-28(23)42-12-10-25(11-13-42)41-16-14-39(3)15-17-41)37-34-35-22-24(7-2)33(38-34)36-26-8-9-30-32(47-19-18-46-30)31(26)40(4)48(5,44)45/h6-9,20-22,25,43H,1-2,10-19H2,3-5H3,(H2,35,36,37,38). The first kappa shape index (κ1) is 33.4. The number of phenolic OH excluding ortho intramolecular Hbond substituents is 1. The summed E-state index contributed by atoms with van der Waals surface area (Å²) < 4.78 is 37.9. The van der Waals surface area contributed by atoms with Crippen LogP contribution in [0.1, 0.15) is 24.0 Å². The summed E-state index contributed by atoms with van der Waals surface area (Å²) in [7, 11) is -0.0185. The van der Waals surface area contributed by atoms with Crippen molar-refractivity contribution in [2.75, 3.05) is 92.7 Å². The minimum Gasteiger partial charge on any atom is -0.506 e. The zero-order valence-electron chi connectivity index (χ0n) is 27.8. The Hall–Kier alpha value is -4.53. The van der Waals surface area contributed by atoms with Crippen molar-refractivity contribution >= 4 is 56.7 Å². The molecule has 3 N–H and O–H groups in total. The van der Waals surface area contributed by atoms with Gasteiger partial charge in [-0.05, 0) is 43.7 Å². The quantitative estimate of drug-likeness (QED) is 0.264. The summed E-state index contributed by atoms with van der Waals surface area (Å²) in [4.78, 5) is 16.4. The zero-order valence-corrected chi connectivity index (χ0v) is 28.6. The highest BCUT2D eigenvalue weighted by Crippen LogP contribution is 2.46. The number of fused-ring (bicyclic) bond motifs is 1. The molecular weight excluding hydrogens is 632 g/mol. The molecule has 2 aromatic carbocycles. The van der Waals surface area contributed by atoms with E-state index in [-0.39, 0.29) is 24.0 Å². The van der Waals surface area contributed by atoms with Gasteiger partial charge in [0.1, 0.15) is 30.5 Å². The Balaban J connectivity index is 1.23. The van der Waals surface area contributed by atoms with E-state index in [4.69, 9.17) is 9.47 Å². The number of aromatic hydroxyl groups is 1. The van der Waals surface area contributed by atoms with Gasteiger partial charge in [0.05, 0.1) is 17.6 Å². The number of hydrogen-bond acceptors (Lipinski definition) is 12. The van der Waals surface area contributed by atoms with Crippen LogP contribution in [0.2, 0.25) is 0 Å². The molecule has 2 saturated heterocycles. The van der Waals surface area contributed by atoms with Crippen LogP contribution in [0, 0.1) is 0 Å². The molecule has 14 heteroatoms. The maximum Gasteiger partial charge on any atom is 0.232 e. The highest BCUT2D eigenvalue weighted by Gasteiger charge is 2.29. The van der Waals surface area contributed by atoms with E-state index in [0.717, 1.165) is 73.9 Å². The van der Waals surface area contributed by atoms with Gasteiger partial charge in [-0.3, -0.25) is 9.21 Å². The van der Waals surface area contributed by atoms with Crippen LogP contribution in [0.3, 0.4) is 0 Å². The zero-order chi connectivity index (χ0) is 34.0. The maximum atomic E-state index is 12.6. The molecule has 0 radical (unpaired) electrons. The molecule has 6 rings (SSSR count). The Labute approximate surface area is 282 Å². The summed E-state index contributed by atoms with van der Waals surface area (Å²) in [5.74, 6) is 1.40. The molecule has 0 unspecified atom stereocenters. The molecule has 4 heterocycles. The Morgan fingerprint density at radius 3 is 2.38 bits per heavy atom. The summed E-state index contributed by atoms with van der Waals surface area (Å²) in [6.07, 6.45) is 8.25. The second-order valence-corrected chi connectivity index (χ2v) is 14.4. The van der Waals surface area contributed by atoms with Gasteiger partial charge >= 0.3 is 0 Å². The highest BCUT2D eigenvalue weighted by atomic mass is 32.2. The Morgan fingerprint density at radius 2 is 1.69 bits per heavy atom. The molecule has 0 atom stereocenters. The monoisotopic (exact) mass is 676 g/mol. The van der Waals surface area contributed by atoms with E-state index in [2.05, 4.69) is 55.5 Å². The minimum atomic E-state index is -3.65. The number of nitrogens with zero attached hydrogens (tertiary/aromatic N) is 6. The highest BCUT2D eigenvalue weighted by molar-refractivity contribution is 7.92. The van der Waals surface area contributed by atoms with E-state index < -0.39 is 10.0 Å². The summed E-state index contributed by atoms with van der Waals surface area (Å²) >= 11 is 0. The van der Waals surface area contributed by atoms with Gasteiger partial charge in [-0.15, -0.1) is 0 Å². The minimum absolute atomic E-state index is 0.0617. The number of anilines is 6. The number of phenols is 1. The van der Waals surface area contributed by atoms with E-state index in [9.17, 15) is 13.5 Å². The third-order valence-electron chi connectivity index (χ3n) is 9.26. The van der Waals surface area contributed by atoms with Crippen LogP contribution in [0.5, 0.6) is 17.2 Å². The molecule has 0 amide bonds. The average Bonchev–Trinajstić information content (AvgIpc) is 3.09. The molecule has 0 saturated carbocycles. The summed E-state index contributed by atoms with van der Waals surface area (Å²) in [6.45, 7) is 14.8. The number of sulfonamides is 1. The number of benzene rings is 2. The first-order valence-corrected chi connectivity index (χ1v) is 18.0. The smallest absolute Gasteiger partial charge is 0.232 e. The number of piperidine rings is 1. The lowest BCUT2D eigenvalue weighted by Crippen LogP contribution is -2.52. The lowest BCUT2D eigenvalue weighted by Gasteiger charge is -2.43. The molecule has 13 nitrogen and oxygen atoms in total. The second-order valence-electron chi connectivity index (χ2n) is 12.4. The molecule has 2 fully saturated rings. The Bertz CT molecular complexity index is 1790. The van der Waals surface area contributed by atoms with E-state index in [0.29, 0.717) is 46.9 Å². The maximum absolute atomic E-state index is 12.6. The predicted molar refractivity (Wildman–Crippen MR) is 192 cm³/mol. The van der Waals surface area contributed by atoms with Crippen LogP contribution in [-0.4, -0.2) is 112 Å². The topological polar surface area (TPSA) is 136 Å². The fourth-order valence-corrected chi connectivity index (χ4v) is 6.93. The van der Waals surface area contributed by atoms with Gasteiger partial charge < -0.3 is 35.0 Å². The number of likely N-dealkylation sites (N-methyl/N-ethyl adjacent to an activating group) is 1. The van der Waals surface area contributed by atoms with Crippen LogP contribution in [0.15, 0.2) is 43.6 Å². The number of piperazine rings is 1. The normalized spacial score (nSPS) is 17.5. The number of nitrogens with one attached hydrogen (secondary N) is 2. The van der Waals surface area contributed by atoms with Crippen molar-refractivity contribution in [2.24, 2.45) is 0 Å². The Kier molecular flexibility index (Phi) is 9.67. The number of hydrogen-bond donors (Lipinski definition) is 3. The van der Waals surface area contributed by atoms with E-state index >= 15 is 0 Å². The predicted octanol–water partition coefficient (Wildman–Crippen LogP) is 4.34. The molecule has 3 aromatic rings. The van der Waals surface area contributed by atoms with Crippen molar-refractivity contribution in [1.29, 1.82) is 0 Å². The van der Waals surface area contributed by atoms with Crippen LogP contribution in [-0.2, 0) is 10.0 Å². The lowest BCUT2D eigenvalue weighted by molar-refractivity contribution is 0.0982. The fraction of sp³-hybridized carbons (Fsp3) is 0.412. The van der Waals surface area contributed by atoms with Gasteiger partial charge in [-0.25, -0.2) is 13.4 Å². The first-order valence-electron chi connectivity index (χ1n) is 16.1. The largest absolute Gasteiger partial charge is 0.506 e. The molecule has 48 heavy (non-hydrogen) atoms. The van der Waals surface area contributed by atoms with Crippen LogP contribution in [0.4, 0.5) is 34.5 Å². The van der Waals surface area contributed by atoms with Crippen molar-refractivity contribution in [3.05, 3.63) is 54.7 Å². The number of ether oxygens (including phenoxy) is 2. The summed E-state index contributed by atoms with van der Waals surface area (Å²) in [6, 6.07) is 7.63. The lowest BCUT2D eigenvalue weighted by atomic mass is 10.00. The van der Waals surface area contributed by atoms with Gasteiger partial charge in [0, 0.05) is 75.9 Å². The molecule has 1 aromatic heterocycles. The van der Waals surface area contributed by atoms with Gasteiger partial charge in [0.15, 0.2) is 11.5 Å². The van der Waals surface area contributed by atoms with Crippen molar-refractivity contribution < 1.29 is 23.0 Å². The number of aromatic nitrogens is 2. The van der Waals surface area contributed by atoms with Crippen LogP contribution >= 0.6 is 0 Å². The van der Waals surface area contributed by atoms with E-state index in [1.54, 1.807) is 36.5 Å². The van der Waals surface area contributed by atoms with Crippen LogP contribution in [0.25, 0.3) is 12.2 Å². The van der Waals surface area contributed by atoms with Gasteiger partial charge in [-0.2, -0.15) is 4.98 Å². The van der Waals surface area contributed by atoms with Crippen LogP contribution < -0.4 is 29.3 Å². The molecule has 0 spiro atoms. The first-order chi connectivity index (χ1) is 23.0. The fourth-order valence-electron chi connectivity index (χ4n) is 6.42. The summed E-state index contributed by atoms with van der Waals surface area (Å²) in [5, 5.41) is 17.6. The van der Waals surface area contributed by atoms with E-state index in [1.807, 2.05) is 6.07 Å². The second kappa shape index (κ2) is 13.9. The Morgan fingerprint density at radius 1 is 0.979 bits per heavy atom. The molecule has 3 aliphatic rings. The number of rotatable bonds is 10. The SMILES string of the molecule is C=Cc1cc(Nc2ncc(C=C)c(Nc3ccc4c(c3N(C)S(C)(=O)=O)OCCO4)n2)c(O)cc1N1CCC(N2CCN(C)CC2)CC1. The molecular formula is C34H44N8O5S.